The maximum Gasteiger partial charge on any atom is 0.228 e. The van der Waals surface area contributed by atoms with Gasteiger partial charge in [0.2, 0.25) is 11.7 Å². The molecule has 1 saturated heterocycles. The Bertz CT molecular complexity index is 765. The van der Waals surface area contributed by atoms with Crippen LogP contribution in [-0.4, -0.2) is 73.5 Å². The molecule has 0 bridgehead atoms. The van der Waals surface area contributed by atoms with Gasteiger partial charge in [-0.1, -0.05) is 16.8 Å². The van der Waals surface area contributed by atoms with Crippen LogP contribution in [0.4, 0.5) is 0 Å². The summed E-state index contributed by atoms with van der Waals surface area (Å²) in [5.41, 5.74) is 0.882. The summed E-state index contributed by atoms with van der Waals surface area (Å²) in [5.74, 6) is 1.97. The number of nitrogens with one attached hydrogen (secondary N) is 2. The molecule has 0 amide bonds. The molecular weight excluding hydrogens is 519 g/mol. The lowest BCUT2D eigenvalue weighted by molar-refractivity contribution is 0.0377. The molecule has 10 heteroatoms. The van der Waals surface area contributed by atoms with Crippen LogP contribution in [0.2, 0.25) is 5.02 Å². The zero-order valence-electron chi connectivity index (χ0n) is 17.3. The first kappa shape index (κ1) is 24.8. The van der Waals surface area contributed by atoms with Gasteiger partial charge in [-0.05, 0) is 37.6 Å². The molecule has 0 atom stereocenters. The molecule has 1 aromatic heterocycles. The van der Waals surface area contributed by atoms with Gasteiger partial charge in [-0.15, -0.1) is 24.0 Å². The number of benzene rings is 1. The number of ether oxygens (including phenoxy) is 1. The molecule has 1 aliphatic heterocycles. The van der Waals surface area contributed by atoms with Gasteiger partial charge >= 0.3 is 0 Å². The average Bonchev–Trinajstić information content (AvgIpc) is 3.21. The maximum atomic E-state index is 5.92. The first-order valence-corrected chi connectivity index (χ1v) is 10.5. The van der Waals surface area contributed by atoms with Crippen molar-refractivity contribution in [3.8, 4) is 11.4 Å². The molecule has 0 aliphatic carbocycles. The van der Waals surface area contributed by atoms with E-state index in [0.717, 1.165) is 63.9 Å². The summed E-state index contributed by atoms with van der Waals surface area (Å²) < 4.78 is 10.7. The van der Waals surface area contributed by atoms with Crippen LogP contribution in [0.3, 0.4) is 0 Å². The van der Waals surface area contributed by atoms with E-state index in [1.165, 1.54) is 0 Å². The van der Waals surface area contributed by atoms with E-state index in [1.54, 1.807) is 0 Å². The van der Waals surface area contributed by atoms with Crippen LogP contribution in [0.15, 0.2) is 33.8 Å². The molecular formula is C20H30ClIN6O2. The predicted octanol–water partition coefficient (Wildman–Crippen LogP) is 2.83. The molecule has 0 unspecified atom stereocenters. The molecule has 2 heterocycles. The molecule has 1 aromatic carbocycles. The van der Waals surface area contributed by atoms with Crippen LogP contribution in [0.5, 0.6) is 0 Å². The molecule has 30 heavy (non-hydrogen) atoms. The number of aliphatic imine (C=N–C) groups is 1. The topological polar surface area (TPSA) is 87.8 Å². The highest BCUT2D eigenvalue weighted by Gasteiger charge is 2.10. The Labute approximate surface area is 199 Å². The lowest BCUT2D eigenvalue weighted by Gasteiger charge is -2.26. The largest absolute Gasteiger partial charge is 0.379 e. The smallest absolute Gasteiger partial charge is 0.228 e. The van der Waals surface area contributed by atoms with Gasteiger partial charge < -0.3 is 19.9 Å². The maximum absolute atomic E-state index is 5.92. The van der Waals surface area contributed by atoms with Gasteiger partial charge in [0.1, 0.15) is 0 Å². The number of halogens is 2. The highest BCUT2D eigenvalue weighted by molar-refractivity contribution is 14.0. The van der Waals surface area contributed by atoms with Gasteiger partial charge in [-0.25, -0.2) is 0 Å². The van der Waals surface area contributed by atoms with E-state index < -0.39 is 0 Å². The monoisotopic (exact) mass is 548 g/mol. The van der Waals surface area contributed by atoms with Gasteiger partial charge in [0.15, 0.2) is 5.96 Å². The first-order chi connectivity index (χ1) is 14.2. The molecule has 0 saturated carbocycles. The SMILES string of the molecule is CCNC(=NCCCN1CCOCC1)NCCc1nc(-c2ccc(Cl)cc2)no1.I. The number of nitrogens with zero attached hydrogens (tertiary/aromatic N) is 4. The minimum Gasteiger partial charge on any atom is -0.379 e. The zero-order chi connectivity index (χ0) is 20.3. The number of aromatic nitrogens is 2. The fraction of sp³-hybridized carbons (Fsp3) is 0.550. The molecule has 1 aliphatic rings. The Balaban J connectivity index is 0.00000320. The summed E-state index contributed by atoms with van der Waals surface area (Å²) in [6.45, 7) is 9.09. The minimum absolute atomic E-state index is 0. The lowest BCUT2D eigenvalue weighted by atomic mass is 10.2. The third-order valence-corrected chi connectivity index (χ3v) is 4.80. The Morgan fingerprint density at radius 1 is 1.20 bits per heavy atom. The van der Waals surface area contributed by atoms with Gasteiger partial charge in [0.05, 0.1) is 13.2 Å². The lowest BCUT2D eigenvalue weighted by Crippen LogP contribution is -2.39. The van der Waals surface area contributed by atoms with E-state index in [2.05, 4.69) is 37.6 Å². The fourth-order valence-corrected chi connectivity index (χ4v) is 3.14. The van der Waals surface area contributed by atoms with E-state index in [9.17, 15) is 0 Å². The fourth-order valence-electron chi connectivity index (χ4n) is 3.01. The average molecular weight is 549 g/mol. The molecule has 166 valence electrons. The van der Waals surface area contributed by atoms with Gasteiger partial charge in [-0.3, -0.25) is 9.89 Å². The second kappa shape index (κ2) is 13.8. The van der Waals surface area contributed by atoms with Crippen molar-refractivity contribution in [2.24, 2.45) is 4.99 Å². The van der Waals surface area contributed by atoms with Crippen molar-refractivity contribution in [3.05, 3.63) is 35.2 Å². The second-order valence-corrected chi connectivity index (χ2v) is 7.20. The van der Waals surface area contributed by atoms with Crippen LogP contribution in [0.25, 0.3) is 11.4 Å². The summed E-state index contributed by atoms with van der Waals surface area (Å²) in [5, 5.41) is 11.3. The molecule has 2 N–H and O–H groups in total. The molecule has 2 aromatic rings. The van der Waals surface area contributed by atoms with Crippen molar-refractivity contribution in [2.75, 3.05) is 52.5 Å². The van der Waals surface area contributed by atoms with Gasteiger partial charge in [0, 0.05) is 56.3 Å². The molecule has 0 radical (unpaired) electrons. The van der Waals surface area contributed by atoms with E-state index in [4.69, 9.17) is 20.9 Å². The third-order valence-electron chi connectivity index (χ3n) is 4.55. The van der Waals surface area contributed by atoms with E-state index in [0.29, 0.717) is 29.7 Å². The molecule has 0 spiro atoms. The summed E-state index contributed by atoms with van der Waals surface area (Å²) >= 11 is 5.92. The Hall–Kier alpha value is -1.43. The quantitative estimate of drug-likeness (QED) is 0.216. The number of morpholine rings is 1. The second-order valence-electron chi connectivity index (χ2n) is 6.76. The highest BCUT2D eigenvalue weighted by atomic mass is 127. The van der Waals surface area contributed by atoms with E-state index in [-0.39, 0.29) is 24.0 Å². The Morgan fingerprint density at radius 2 is 1.97 bits per heavy atom. The van der Waals surface area contributed by atoms with Gasteiger partial charge in [0.25, 0.3) is 0 Å². The summed E-state index contributed by atoms with van der Waals surface area (Å²) in [7, 11) is 0. The normalized spacial score (nSPS) is 14.9. The van der Waals surface area contributed by atoms with Crippen molar-refractivity contribution < 1.29 is 9.26 Å². The van der Waals surface area contributed by atoms with Crippen molar-refractivity contribution in [1.29, 1.82) is 0 Å². The highest BCUT2D eigenvalue weighted by Crippen LogP contribution is 2.18. The molecule has 3 rings (SSSR count). The Kier molecular flexibility index (Phi) is 11.4. The molecule has 1 fully saturated rings. The van der Waals surface area contributed by atoms with Crippen molar-refractivity contribution in [2.45, 2.75) is 19.8 Å². The minimum atomic E-state index is 0. The van der Waals surface area contributed by atoms with Crippen LogP contribution < -0.4 is 10.6 Å². The predicted molar refractivity (Wildman–Crippen MR) is 130 cm³/mol. The first-order valence-electron chi connectivity index (χ1n) is 10.2. The van der Waals surface area contributed by atoms with Crippen molar-refractivity contribution in [1.82, 2.24) is 25.7 Å². The number of guanidine groups is 1. The van der Waals surface area contributed by atoms with Crippen molar-refractivity contribution >= 4 is 41.5 Å². The van der Waals surface area contributed by atoms with Crippen LogP contribution in [0.1, 0.15) is 19.2 Å². The van der Waals surface area contributed by atoms with E-state index >= 15 is 0 Å². The van der Waals surface area contributed by atoms with Crippen molar-refractivity contribution in [3.63, 3.8) is 0 Å². The summed E-state index contributed by atoms with van der Waals surface area (Å²) in [4.78, 5) is 11.5. The standard InChI is InChI=1S/C20H29ClN6O2.HI/c1-2-22-20(23-9-3-11-27-12-14-28-15-13-27)24-10-8-18-25-19(26-29-18)16-4-6-17(21)7-5-16;/h4-7H,2-3,8-15H2,1H3,(H2,22,23,24);1H. The Morgan fingerprint density at radius 3 is 2.70 bits per heavy atom. The van der Waals surface area contributed by atoms with Gasteiger partial charge in [-0.2, -0.15) is 4.98 Å². The van der Waals surface area contributed by atoms with Crippen LogP contribution in [-0.2, 0) is 11.2 Å². The van der Waals surface area contributed by atoms with Crippen LogP contribution >= 0.6 is 35.6 Å². The number of rotatable bonds is 9. The van der Waals surface area contributed by atoms with E-state index in [1.807, 2.05) is 24.3 Å². The summed E-state index contributed by atoms with van der Waals surface area (Å²) in [6, 6.07) is 7.38. The summed E-state index contributed by atoms with van der Waals surface area (Å²) in [6.07, 6.45) is 1.66. The number of hydrogen-bond donors (Lipinski definition) is 2. The van der Waals surface area contributed by atoms with Crippen LogP contribution in [0, 0.1) is 0 Å². The third kappa shape index (κ3) is 8.37. The zero-order valence-corrected chi connectivity index (χ0v) is 20.4. The number of hydrogen-bond acceptors (Lipinski definition) is 6. The molecule has 8 nitrogen and oxygen atoms in total.